The number of amides is 1. The van der Waals surface area contributed by atoms with Crippen molar-refractivity contribution in [2.24, 2.45) is 0 Å². The monoisotopic (exact) mass is 425 g/mol. The van der Waals surface area contributed by atoms with E-state index in [1.54, 1.807) is 24.3 Å². The summed E-state index contributed by atoms with van der Waals surface area (Å²) in [6.07, 6.45) is 0.0228. The predicted octanol–water partition coefficient (Wildman–Crippen LogP) is 3.70. The smallest absolute Gasteiger partial charge is 0.373 e. The van der Waals surface area contributed by atoms with Gasteiger partial charge in [-0.05, 0) is 42.0 Å². The zero-order valence-electron chi connectivity index (χ0n) is 17.2. The number of ether oxygens (including phenoxy) is 3. The van der Waals surface area contributed by atoms with E-state index < -0.39 is 17.2 Å². The zero-order valence-corrected chi connectivity index (χ0v) is 17.2. The molecular weight excluding hydrogens is 405 g/mol. The van der Waals surface area contributed by atoms with Crippen LogP contribution in [0.4, 0.5) is 10.1 Å². The molecule has 0 aliphatic carbocycles. The van der Waals surface area contributed by atoms with Gasteiger partial charge in [-0.25, -0.2) is 9.18 Å². The number of methoxy groups -OCH3 is 3. The quantitative estimate of drug-likeness (QED) is 0.606. The summed E-state index contributed by atoms with van der Waals surface area (Å²) >= 11 is 0. The number of carbonyl (C=O) groups is 2. The first-order valence-corrected chi connectivity index (χ1v) is 9.44. The van der Waals surface area contributed by atoms with E-state index in [0.29, 0.717) is 34.1 Å². The molecule has 1 aliphatic heterocycles. The standard InChI is InChI=1S/C23H20FNO6/c1-28-14-5-7-16(20(11-14)29-2)23(12-15-6-9-19(31-15)21(26)30-3)17-10-13(24)4-8-18(17)25-22(23)27/h4-11H,12H2,1-3H3,(H,25,27). The molecule has 31 heavy (non-hydrogen) atoms. The molecule has 160 valence electrons. The molecule has 2 aromatic carbocycles. The van der Waals surface area contributed by atoms with Crippen molar-refractivity contribution in [3.05, 3.63) is 77.0 Å². The van der Waals surface area contributed by atoms with Crippen LogP contribution < -0.4 is 14.8 Å². The molecule has 0 radical (unpaired) electrons. The molecule has 4 rings (SSSR count). The zero-order chi connectivity index (χ0) is 22.2. The largest absolute Gasteiger partial charge is 0.497 e. The molecule has 0 bridgehead atoms. The van der Waals surface area contributed by atoms with Gasteiger partial charge in [-0.2, -0.15) is 0 Å². The van der Waals surface area contributed by atoms with E-state index in [1.165, 1.54) is 45.6 Å². The lowest BCUT2D eigenvalue weighted by Crippen LogP contribution is -2.38. The third-order valence-electron chi connectivity index (χ3n) is 5.43. The van der Waals surface area contributed by atoms with Gasteiger partial charge >= 0.3 is 5.97 Å². The Kier molecular flexibility index (Phi) is 5.14. The van der Waals surface area contributed by atoms with Gasteiger partial charge in [-0.1, -0.05) is 6.07 Å². The van der Waals surface area contributed by atoms with E-state index >= 15 is 0 Å². The van der Waals surface area contributed by atoms with Gasteiger partial charge in [-0.3, -0.25) is 4.79 Å². The van der Waals surface area contributed by atoms with Crippen molar-refractivity contribution >= 4 is 17.6 Å². The fraction of sp³-hybridized carbons (Fsp3) is 0.217. The van der Waals surface area contributed by atoms with Crippen LogP contribution in [-0.2, 0) is 21.4 Å². The van der Waals surface area contributed by atoms with Gasteiger partial charge in [0.2, 0.25) is 11.7 Å². The van der Waals surface area contributed by atoms with Crippen LogP contribution in [-0.4, -0.2) is 33.2 Å². The topological polar surface area (TPSA) is 87.0 Å². The molecule has 1 N–H and O–H groups in total. The van der Waals surface area contributed by atoms with Gasteiger partial charge in [-0.15, -0.1) is 0 Å². The normalized spacial score (nSPS) is 17.1. The van der Waals surface area contributed by atoms with Crippen molar-refractivity contribution < 1.29 is 32.6 Å². The number of benzene rings is 2. The van der Waals surface area contributed by atoms with E-state index in [0.717, 1.165) is 0 Å². The number of hydrogen-bond acceptors (Lipinski definition) is 6. The Balaban J connectivity index is 1.93. The lowest BCUT2D eigenvalue weighted by molar-refractivity contribution is -0.119. The highest BCUT2D eigenvalue weighted by atomic mass is 19.1. The number of halogens is 1. The van der Waals surface area contributed by atoms with Crippen LogP contribution in [0, 0.1) is 5.82 Å². The molecule has 1 aromatic heterocycles. The van der Waals surface area contributed by atoms with E-state index in [4.69, 9.17) is 13.9 Å². The maximum atomic E-state index is 14.3. The minimum absolute atomic E-state index is 0.00668. The second kappa shape index (κ2) is 7.79. The average Bonchev–Trinajstić information content (AvgIpc) is 3.36. The lowest BCUT2D eigenvalue weighted by Gasteiger charge is -2.29. The van der Waals surface area contributed by atoms with E-state index in [2.05, 4.69) is 10.1 Å². The second-order valence-electron chi connectivity index (χ2n) is 7.05. The summed E-state index contributed by atoms with van der Waals surface area (Å²) in [6.45, 7) is 0. The fourth-order valence-electron chi connectivity index (χ4n) is 3.96. The highest BCUT2D eigenvalue weighted by Gasteiger charge is 2.51. The Morgan fingerprint density at radius 2 is 1.84 bits per heavy atom. The van der Waals surface area contributed by atoms with E-state index in [9.17, 15) is 14.0 Å². The lowest BCUT2D eigenvalue weighted by atomic mass is 9.71. The SMILES string of the molecule is COC(=O)c1ccc(CC2(c3ccc(OC)cc3OC)C(=O)Nc3ccc(F)cc32)o1. The van der Waals surface area contributed by atoms with Gasteiger partial charge in [0, 0.05) is 23.7 Å². The van der Waals surface area contributed by atoms with Gasteiger partial charge in [0.15, 0.2) is 0 Å². The number of furan rings is 1. The number of nitrogens with one attached hydrogen (secondary N) is 1. The van der Waals surface area contributed by atoms with Gasteiger partial charge in [0.05, 0.1) is 21.3 Å². The van der Waals surface area contributed by atoms with Crippen molar-refractivity contribution in [2.75, 3.05) is 26.6 Å². The number of fused-ring (bicyclic) bond motifs is 1. The molecule has 1 aliphatic rings. The third kappa shape index (κ3) is 3.30. The van der Waals surface area contributed by atoms with Crippen LogP contribution in [0.25, 0.3) is 0 Å². The molecular formula is C23H20FNO6. The summed E-state index contributed by atoms with van der Waals surface area (Å²) in [6, 6.07) is 12.2. The minimum atomic E-state index is -1.36. The van der Waals surface area contributed by atoms with Crippen LogP contribution in [0.1, 0.15) is 27.4 Å². The van der Waals surface area contributed by atoms with Crippen molar-refractivity contribution in [3.8, 4) is 11.5 Å². The maximum absolute atomic E-state index is 14.3. The number of esters is 1. The number of carbonyl (C=O) groups excluding carboxylic acids is 2. The first kappa shape index (κ1) is 20.5. The van der Waals surface area contributed by atoms with Crippen molar-refractivity contribution in [1.29, 1.82) is 0 Å². The van der Waals surface area contributed by atoms with Crippen LogP contribution in [0.5, 0.6) is 11.5 Å². The summed E-state index contributed by atoms with van der Waals surface area (Å²) in [5, 5.41) is 2.83. The highest BCUT2D eigenvalue weighted by Crippen LogP contribution is 2.49. The molecule has 7 nitrogen and oxygen atoms in total. The Morgan fingerprint density at radius 3 is 2.55 bits per heavy atom. The molecule has 1 amide bonds. The van der Waals surface area contributed by atoms with E-state index in [-0.39, 0.29) is 18.1 Å². The van der Waals surface area contributed by atoms with Gasteiger partial charge < -0.3 is 23.9 Å². The molecule has 0 spiro atoms. The second-order valence-corrected chi connectivity index (χ2v) is 7.05. The van der Waals surface area contributed by atoms with Crippen molar-refractivity contribution in [1.82, 2.24) is 0 Å². The summed E-state index contributed by atoms with van der Waals surface area (Å²) in [5.74, 6) is -0.192. The first-order chi connectivity index (χ1) is 14.9. The van der Waals surface area contributed by atoms with Crippen LogP contribution in [0.2, 0.25) is 0 Å². The van der Waals surface area contributed by atoms with Crippen molar-refractivity contribution in [3.63, 3.8) is 0 Å². The van der Waals surface area contributed by atoms with Crippen LogP contribution in [0.15, 0.2) is 52.9 Å². The third-order valence-corrected chi connectivity index (χ3v) is 5.43. The fourth-order valence-corrected chi connectivity index (χ4v) is 3.96. The molecule has 0 saturated heterocycles. The highest BCUT2D eigenvalue weighted by molar-refractivity contribution is 6.09. The minimum Gasteiger partial charge on any atom is -0.497 e. The van der Waals surface area contributed by atoms with Crippen molar-refractivity contribution in [2.45, 2.75) is 11.8 Å². The number of hydrogen-bond donors (Lipinski definition) is 1. The molecule has 3 aromatic rings. The molecule has 0 saturated carbocycles. The van der Waals surface area contributed by atoms with Crippen LogP contribution in [0.3, 0.4) is 0 Å². The predicted molar refractivity (Wildman–Crippen MR) is 109 cm³/mol. The van der Waals surface area contributed by atoms with E-state index in [1.807, 2.05) is 0 Å². The Labute approximate surface area is 177 Å². The molecule has 8 heteroatoms. The Morgan fingerprint density at radius 1 is 1.03 bits per heavy atom. The van der Waals surface area contributed by atoms with Gasteiger partial charge in [0.1, 0.15) is 28.5 Å². The van der Waals surface area contributed by atoms with Gasteiger partial charge in [0.25, 0.3) is 0 Å². The maximum Gasteiger partial charge on any atom is 0.373 e. The molecule has 0 fully saturated rings. The number of anilines is 1. The summed E-state index contributed by atoms with van der Waals surface area (Å²) in [4.78, 5) is 25.2. The van der Waals surface area contributed by atoms with Crippen LogP contribution >= 0.6 is 0 Å². The Bertz CT molecular complexity index is 1170. The Hall–Kier alpha value is -3.81. The average molecular weight is 425 g/mol. The molecule has 1 unspecified atom stereocenters. The summed E-state index contributed by atoms with van der Waals surface area (Å²) in [5.41, 5.74) is 0.0787. The summed E-state index contributed by atoms with van der Waals surface area (Å²) in [7, 11) is 4.25. The summed E-state index contributed by atoms with van der Waals surface area (Å²) < 4.78 is 35.4. The first-order valence-electron chi connectivity index (χ1n) is 9.44. The number of rotatable bonds is 6. The molecule has 2 heterocycles. The molecule has 1 atom stereocenters.